The zero-order valence-corrected chi connectivity index (χ0v) is 11.2. The van der Waals surface area contributed by atoms with Gasteiger partial charge in [-0.05, 0) is 43.9 Å². The Balaban J connectivity index is 2.25. The fourth-order valence-electron chi connectivity index (χ4n) is 3.23. The van der Waals surface area contributed by atoms with Crippen molar-refractivity contribution in [3.05, 3.63) is 24.0 Å². The van der Waals surface area contributed by atoms with Gasteiger partial charge in [0, 0.05) is 17.6 Å². The molecule has 1 fully saturated rings. The summed E-state index contributed by atoms with van der Waals surface area (Å²) in [5.74, 6) is 1.21. The molecule has 1 saturated carbocycles. The van der Waals surface area contributed by atoms with E-state index in [1.54, 1.807) is 0 Å². The first-order chi connectivity index (χ1) is 8.70. The molecule has 0 radical (unpaired) electrons. The number of hydrogen-bond acceptors (Lipinski definition) is 2. The topological polar surface area (TPSA) is 43.8 Å². The van der Waals surface area contributed by atoms with Crippen molar-refractivity contribution in [1.82, 2.24) is 9.55 Å². The lowest BCUT2D eigenvalue weighted by Gasteiger charge is -2.44. The summed E-state index contributed by atoms with van der Waals surface area (Å²) >= 11 is 0. The average Bonchev–Trinajstić information content (AvgIpc) is 2.67. The summed E-state index contributed by atoms with van der Waals surface area (Å²) in [5.41, 5.74) is 9.28. The van der Waals surface area contributed by atoms with E-state index in [1.807, 2.05) is 12.1 Å². The molecule has 3 nitrogen and oxygen atoms in total. The van der Waals surface area contributed by atoms with E-state index in [-0.39, 0.29) is 0 Å². The summed E-state index contributed by atoms with van der Waals surface area (Å²) in [6, 6.07) is 6.11. The lowest BCUT2D eigenvalue weighted by Crippen LogP contribution is -2.40. The van der Waals surface area contributed by atoms with Crippen molar-refractivity contribution < 1.29 is 0 Å². The molecule has 1 aliphatic carbocycles. The molecular weight excluding hydrogens is 222 g/mol. The first-order valence-electron chi connectivity index (χ1n) is 6.97. The highest BCUT2D eigenvalue weighted by molar-refractivity contribution is 5.80. The SMILES string of the molecule is CCc1nc2cc(N)ccc2n1C1(CC)CCC1. The van der Waals surface area contributed by atoms with Crippen LogP contribution in [0.5, 0.6) is 0 Å². The normalized spacial score (nSPS) is 17.9. The van der Waals surface area contributed by atoms with E-state index in [4.69, 9.17) is 10.7 Å². The molecule has 1 aliphatic rings. The molecule has 3 heteroatoms. The summed E-state index contributed by atoms with van der Waals surface area (Å²) in [6.45, 7) is 4.48. The first kappa shape index (κ1) is 11.6. The van der Waals surface area contributed by atoms with Gasteiger partial charge in [-0.2, -0.15) is 0 Å². The van der Waals surface area contributed by atoms with E-state index in [0.29, 0.717) is 5.54 Å². The van der Waals surface area contributed by atoms with Crippen molar-refractivity contribution in [2.75, 3.05) is 5.73 Å². The second kappa shape index (κ2) is 4.01. The molecule has 0 saturated heterocycles. The van der Waals surface area contributed by atoms with Gasteiger partial charge in [0.25, 0.3) is 0 Å². The van der Waals surface area contributed by atoms with Crippen molar-refractivity contribution in [2.24, 2.45) is 0 Å². The number of aryl methyl sites for hydroxylation is 1. The molecule has 96 valence electrons. The van der Waals surface area contributed by atoms with Crippen LogP contribution in [0.2, 0.25) is 0 Å². The van der Waals surface area contributed by atoms with Gasteiger partial charge in [-0.15, -0.1) is 0 Å². The van der Waals surface area contributed by atoms with Crippen LogP contribution in [0.15, 0.2) is 18.2 Å². The van der Waals surface area contributed by atoms with E-state index < -0.39 is 0 Å². The Morgan fingerprint density at radius 2 is 2.11 bits per heavy atom. The van der Waals surface area contributed by atoms with Gasteiger partial charge in [0.2, 0.25) is 0 Å². The number of nitrogens with two attached hydrogens (primary N) is 1. The number of anilines is 1. The molecule has 0 bridgehead atoms. The van der Waals surface area contributed by atoms with Crippen LogP contribution >= 0.6 is 0 Å². The molecule has 1 heterocycles. The number of nitrogens with zero attached hydrogens (tertiary/aromatic N) is 2. The lowest BCUT2D eigenvalue weighted by atomic mass is 9.74. The predicted octanol–water partition coefficient (Wildman–Crippen LogP) is 3.47. The smallest absolute Gasteiger partial charge is 0.110 e. The molecule has 1 aromatic carbocycles. The number of nitrogen functional groups attached to an aromatic ring is 1. The van der Waals surface area contributed by atoms with Crippen molar-refractivity contribution >= 4 is 16.7 Å². The van der Waals surface area contributed by atoms with Crippen LogP contribution in [-0.2, 0) is 12.0 Å². The van der Waals surface area contributed by atoms with Crippen LogP contribution in [0.4, 0.5) is 5.69 Å². The predicted molar refractivity (Wildman–Crippen MR) is 75.6 cm³/mol. The Morgan fingerprint density at radius 3 is 2.67 bits per heavy atom. The van der Waals surface area contributed by atoms with E-state index in [1.165, 1.54) is 37.0 Å². The Labute approximate surface area is 108 Å². The number of aromatic nitrogens is 2. The first-order valence-corrected chi connectivity index (χ1v) is 6.97. The Bertz CT molecular complexity index is 573. The van der Waals surface area contributed by atoms with Gasteiger partial charge < -0.3 is 10.3 Å². The van der Waals surface area contributed by atoms with Crippen molar-refractivity contribution in [1.29, 1.82) is 0 Å². The number of fused-ring (bicyclic) bond motifs is 1. The quantitative estimate of drug-likeness (QED) is 0.839. The Hall–Kier alpha value is -1.51. The van der Waals surface area contributed by atoms with Crippen molar-refractivity contribution in [3.8, 4) is 0 Å². The highest BCUT2D eigenvalue weighted by atomic mass is 15.2. The Morgan fingerprint density at radius 1 is 1.33 bits per heavy atom. The van der Waals surface area contributed by atoms with Gasteiger partial charge in [-0.3, -0.25) is 0 Å². The van der Waals surface area contributed by atoms with Gasteiger partial charge >= 0.3 is 0 Å². The van der Waals surface area contributed by atoms with Crippen LogP contribution in [0, 0.1) is 0 Å². The highest BCUT2D eigenvalue weighted by Crippen LogP contribution is 2.44. The molecule has 0 atom stereocenters. The standard InChI is InChI=1S/C15H21N3/c1-3-14-17-12-10-11(16)6-7-13(12)18(14)15(4-2)8-5-9-15/h6-7,10H,3-5,8-9,16H2,1-2H3. The van der Waals surface area contributed by atoms with Gasteiger partial charge in [-0.25, -0.2) is 4.98 Å². The van der Waals surface area contributed by atoms with Gasteiger partial charge in [0.15, 0.2) is 0 Å². The maximum absolute atomic E-state index is 5.86. The van der Waals surface area contributed by atoms with Crippen LogP contribution < -0.4 is 5.73 Å². The zero-order valence-electron chi connectivity index (χ0n) is 11.2. The van der Waals surface area contributed by atoms with Crippen molar-refractivity contribution in [2.45, 2.75) is 51.5 Å². The maximum Gasteiger partial charge on any atom is 0.110 e. The minimum Gasteiger partial charge on any atom is -0.399 e. The van der Waals surface area contributed by atoms with Gasteiger partial charge in [0.1, 0.15) is 5.82 Å². The van der Waals surface area contributed by atoms with Crippen molar-refractivity contribution in [3.63, 3.8) is 0 Å². The second-order valence-electron chi connectivity index (χ2n) is 5.40. The maximum atomic E-state index is 5.86. The third kappa shape index (κ3) is 1.46. The number of rotatable bonds is 3. The highest BCUT2D eigenvalue weighted by Gasteiger charge is 2.39. The lowest BCUT2D eigenvalue weighted by molar-refractivity contribution is 0.137. The molecule has 18 heavy (non-hydrogen) atoms. The summed E-state index contributed by atoms with van der Waals surface area (Å²) in [5, 5.41) is 0. The average molecular weight is 243 g/mol. The van der Waals surface area contributed by atoms with E-state index in [2.05, 4.69) is 24.5 Å². The van der Waals surface area contributed by atoms with Crippen LogP contribution in [0.1, 0.15) is 45.4 Å². The molecule has 0 aliphatic heterocycles. The third-order valence-corrected chi connectivity index (χ3v) is 4.48. The molecule has 1 aromatic heterocycles. The monoisotopic (exact) mass is 243 g/mol. The second-order valence-corrected chi connectivity index (χ2v) is 5.40. The van der Waals surface area contributed by atoms with E-state index >= 15 is 0 Å². The number of hydrogen-bond donors (Lipinski definition) is 1. The third-order valence-electron chi connectivity index (χ3n) is 4.48. The van der Waals surface area contributed by atoms with Crippen LogP contribution in [0.3, 0.4) is 0 Å². The van der Waals surface area contributed by atoms with E-state index in [9.17, 15) is 0 Å². The largest absolute Gasteiger partial charge is 0.399 e. The minimum absolute atomic E-state index is 0.316. The summed E-state index contributed by atoms with van der Waals surface area (Å²) in [6.07, 6.45) is 6.08. The van der Waals surface area contributed by atoms with Gasteiger partial charge in [-0.1, -0.05) is 13.8 Å². The fourth-order valence-corrected chi connectivity index (χ4v) is 3.23. The van der Waals surface area contributed by atoms with Crippen LogP contribution in [-0.4, -0.2) is 9.55 Å². The summed E-state index contributed by atoms with van der Waals surface area (Å²) in [7, 11) is 0. The fraction of sp³-hybridized carbons (Fsp3) is 0.533. The molecule has 2 N–H and O–H groups in total. The number of benzene rings is 1. The van der Waals surface area contributed by atoms with Gasteiger partial charge in [0.05, 0.1) is 11.0 Å². The summed E-state index contributed by atoms with van der Waals surface area (Å²) < 4.78 is 2.49. The molecule has 3 rings (SSSR count). The summed E-state index contributed by atoms with van der Waals surface area (Å²) in [4.78, 5) is 4.77. The Kier molecular flexibility index (Phi) is 2.58. The molecule has 0 spiro atoms. The van der Waals surface area contributed by atoms with Crippen LogP contribution in [0.25, 0.3) is 11.0 Å². The number of imidazole rings is 1. The molecule has 0 unspecified atom stereocenters. The van der Waals surface area contributed by atoms with E-state index in [0.717, 1.165) is 17.6 Å². The minimum atomic E-state index is 0.316. The zero-order chi connectivity index (χ0) is 12.8. The molecule has 0 amide bonds. The molecule has 2 aromatic rings. The molecular formula is C15H21N3.